The van der Waals surface area contributed by atoms with E-state index in [4.69, 9.17) is 20.4 Å². The highest BCUT2D eigenvalue weighted by atomic mass is 16.4. The van der Waals surface area contributed by atoms with Crippen LogP contribution in [0.15, 0.2) is 48.1 Å². The van der Waals surface area contributed by atoms with E-state index in [2.05, 4.69) is 0 Å². The summed E-state index contributed by atoms with van der Waals surface area (Å²) in [5, 5.41) is 32.9. The minimum Gasteiger partial charge on any atom is -0.478 e. The van der Waals surface area contributed by atoms with Gasteiger partial charge >= 0.3 is 23.9 Å². The Morgan fingerprint density at radius 1 is 0.720 bits per heavy atom. The number of carbonyl (C=O) groups is 4. The third kappa shape index (κ3) is 11.5. The number of benzene rings is 1. The van der Waals surface area contributed by atoms with Crippen LogP contribution < -0.4 is 0 Å². The van der Waals surface area contributed by atoms with Gasteiger partial charge in [0.05, 0.1) is 0 Å². The first-order chi connectivity index (χ1) is 11.6. The Kier molecular flexibility index (Phi) is 9.34. The maximum Gasteiger partial charge on any atom is 0.331 e. The Labute approximate surface area is 142 Å². The van der Waals surface area contributed by atoms with Crippen molar-refractivity contribution in [1.82, 2.24) is 0 Å². The molecule has 1 aromatic carbocycles. The highest BCUT2D eigenvalue weighted by molar-refractivity contribution is 5.94. The lowest BCUT2D eigenvalue weighted by atomic mass is 10.1. The van der Waals surface area contributed by atoms with Gasteiger partial charge in [-0.2, -0.15) is 0 Å². The molecule has 0 aliphatic carbocycles. The van der Waals surface area contributed by atoms with Crippen molar-refractivity contribution in [1.29, 1.82) is 0 Å². The van der Waals surface area contributed by atoms with E-state index in [0.29, 0.717) is 6.08 Å². The van der Waals surface area contributed by atoms with Crippen LogP contribution in [0.4, 0.5) is 0 Å². The highest BCUT2D eigenvalue weighted by Crippen LogP contribution is 2.07. The summed E-state index contributed by atoms with van der Waals surface area (Å²) in [6, 6.07) is 6.84. The molecule has 0 radical (unpaired) electrons. The van der Waals surface area contributed by atoms with Crippen molar-refractivity contribution in [3.05, 3.63) is 59.2 Å². The van der Waals surface area contributed by atoms with Gasteiger partial charge in [0.1, 0.15) is 0 Å². The molecule has 132 valence electrons. The molecule has 8 heteroatoms. The van der Waals surface area contributed by atoms with E-state index in [0.717, 1.165) is 23.3 Å². The fraction of sp³-hybridized carbons (Fsp3) is 0.0588. The molecule has 4 N–H and O–H groups in total. The van der Waals surface area contributed by atoms with Crippen molar-refractivity contribution in [2.24, 2.45) is 0 Å². The van der Waals surface area contributed by atoms with Crippen LogP contribution in [0.1, 0.15) is 18.1 Å². The van der Waals surface area contributed by atoms with Crippen molar-refractivity contribution >= 4 is 36.0 Å². The van der Waals surface area contributed by atoms with Gasteiger partial charge in [0.25, 0.3) is 0 Å². The zero-order valence-electron chi connectivity index (χ0n) is 13.1. The maximum absolute atomic E-state index is 10.3. The number of rotatable bonds is 6. The van der Waals surface area contributed by atoms with Gasteiger partial charge in [-0.15, -0.1) is 0 Å². The second kappa shape index (κ2) is 10.9. The van der Waals surface area contributed by atoms with Crippen LogP contribution in [0.5, 0.6) is 0 Å². The lowest BCUT2D eigenvalue weighted by Gasteiger charge is -1.94. The normalized spacial score (nSPS) is 11.0. The molecule has 0 saturated heterocycles. The molecule has 0 spiro atoms. The van der Waals surface area contributed by atoms with E-state index in [1.54, 1.807) is 24.3 Å². The van der Waals surface area contributed by atoms with Gasteiger partial charge in [0, 0.05) is 23.8 Å². The first-order valence-electron chi connectivity index (χ1n) is 6.68. The van der Waals surface area contributed by atoms with Gasteiger partial charge in [-0.25, -0.2) is 19.2 Å². The molecule has 0 bridgehead atoms. The monoisotopic (exact) mass is 348 g/mol. The summed E-state index contributed by atoms with van der Waals surface area (Å²) in [5.41, 5.74) is 1.31. The van der Waals surface area contributed by atoms with Crippen molar-refractivity contribution < 1.29 is 39.6 Å². The van der Waals surface area contributed by atoms with Crippen molar-refractivity contribution in [2.75, 3.05) is 0 Å². The second-order valence-corrected chi connectivity index (χ2v) is 4.48. The zero-order chi connectivity index (χ0) is 19.4. The molecule has 8 nitrogen and oxygen atoms in total. The van der Waals surface area contributed by atoms with Gasteiger partial charge in [-0.05, 0) is 30.2 Å². The van der Waals surface area contributed by atoms with E-state index in [9.17, 15) is 19.2 Å². The summed E-state index contributed by atoms with van der Waals surface area (Å²) in [7, 11) is 0. The van der Waals surface area contributed by atoms with Crippen LogP contribution in [-0.4, -0.2) is 44.3 Å². The van der Waals surface area contributed by atoms with Crippen LogP contribution in [0.2, 0.25) is 0 Å². The highest BCUT2D eigenvalue weighted by Gasteiger charge is 2.00. The Hall–Kier alpha value is -3.68. The van der Waals surface area contributed by atoms with E-state index in [-0.39, 0.29) is 5.57 Å². The predicted octanol–water partition coefficient (Wildman–Crippen LogP) is 1.98. The van der Waals surface area contributed by atoms with Gasteiger partial charge < -0.3 is 20.4 Å². The molecule has 0 atom stereocenters. The molecular weight excluding hydrogens is 332 g/mol. The first kappa shape index (κ1) is 21.3. The minimum absolute atomic E-state index is 0.178. The lowest BCUT2D eigenvalue weighted by Crippen LogP contribution is -1.99. The Morgan fingerprint density at radius 3 is 1.28 bits per heavy atom. The molecule has 0 unspecified atom stereocenters. The average molecular weight is 348 g/mol. The minimum atomic E-state index is -1.24. The smallest absolute Gasteiger partial charge is 0.331 e. The number of hydrogen-bond acceptors (Lipinski definition) is 4. The number of carboxylic acid groups (broad SMARTS) is 4. The molecule has 0 amide bonds. The maximum atomic E-state index is 10.3. The molecule has 0 aliphatic rings. The summed E-state index contributed by atoms with van der Waals surface area (Å²) in [6.07, 6.45) is 5.66. The Balaban J connectivity index is 0.000000547. The molecule has 25 heavy (non-hydrogen) atoms. The van der Waals surface area contributed by atoms with Gasteiger partial charge in [-0.1, -0.05) is 24.3 Å². The van der Waals surface area contributed by atoms with E-state index >= 15 is 0 Å². The lowest BCUT2D eigenvalue weighted by molar-refractivity contribution is -0.135. The number of aliphatic carboxylic acids is 4. The SMILES string of the molecule is CC(=CC(=O)O)C(=O)O.O=C(O)C=Cc1ccc(C=CC(=O)O)cc1. The van der Waals surface area contributed by atoms with Crippen LogP contribution in [-0.2, 0) is 19.2 Å². The van der Waals surface area contributed by atoms with Gasteiger partial charge in [0.2, 0.25) is 0 Å². The van der Waals surface area contributed by atoms with Crippen LogP contribution in [0.25, 0.3) is 12.2 Å². The fourth-order valence-electron chi connectivity index (χ4n) is 1.30. The van der Waals surface area contributed by atoms with E-state index in [1.807, 2.05) is 0 Å². The summed E-state index contributed by atoms with van der Waals surface area (Å²) in [6.45, 7) is 1.22. The number of carboxylic acids is 4. The van der Waals surface area contributed by atoms with Crippen molar-refractivity contribution in [3.8, 4) is 0 Å². The largest absolute Gasteiger partial charge is 0.478 e. The number of hydrogen-bond donors (Lipinski definition) is 4. The standard InChI is InChI=1S/C12H10O4.C5H6O4/c13-11(14)7-5-9-1-2-10(4-3-9)6-8-12(15)16;1-3(5(8)9)2-4(6)7/h1-8H,(H,13,14)(H,15,16);2H,1H3,(H,6,7)(H,8,9). The first-order valence-corrected chi connectivity index (χ1v) is 6.68. The van der Waals surface area contributed by atoms with Crippen LogP contribution >= 0.6 is 0 Å². The van der Waals surface area contributed by atoms with E-state index in [1.165, 1.54) is 19.1 Å². The molecule has 1 aromatic rings. The Bertz CT molecular complexity index is 681. The molecule has 1 rings (SSSR count). The van der Waals surface area contributed by atoms with Crippen molar-refractivity contribution in [2.45, 2.75) is 6.92 Å². The summed E-state index contributed by atoms with van der Waals surface area (Å²) in [5.74, 6) is -4.46. The van der Waals surface area contributed by atoms with E-state index < -0.39 is 23.9 Å². The fourth-order valence-corrected chi connectivity index (χ4v) is 1.30. The van der Waals surface area contributed by atoms with Crippen molar-refractivity contribution in [3.63, 3.8) is 0 Å². The third-order valence-electron chi connectivity index (χ3n) is 2.45. The molecular formula is C17H16O8. The zero-order valence-corrected chi connectivity index (χ0v) is 13.1. The third-order valence-corrected chi connectivity index (χ3v) is 2.45. The topological polar surface area (TPSA) is 149 Å². The van der Waals surface area contributed by atoms with Crippen LogP contribution in [0, 0.1) is 0 Å². The quantitative estimate of drug-likeness (QED) is 0.570. The summed E-state index contributed by atoms with van der Waals surface area (Å²) >= 11 is 0. The van der Waals surface area contributed by atoms with Gasteiger partial charge in [-0.3, -0.25) is 0 Å². The molecule has 0 saturated carbocycles. The molecule has 0 aromatic heterocycles. The van der Waals surface area contributed by atoms with Crippen LogP contribution in [0.3, 0.4) is 0 Å². The molecule has 0 fully saturated rings. The second-order valence-electron chi connectivity index (χ2n) is 4.48. The summed E-state index contributed by atoms with van der Waals surface area (Å²) < 4.78 is 0. The van der Waals surface area contributed by atoms with Gasteiger partial charge in [0.15, 0.2) is 0 Å². The summed E-state index contributed by atoms with van der Waals surface area (Å²) in [4.78, 5) is 40.2. The Morgan fingerprint density at radius 2 is 1.08 bits per heavy atom. The molecule has 0 heterocycles. The average Bonchev–Trinajstić information content (AvgIpc) is 2.51. The molecule has 0 aliphatic heterocycles. The predicted molar refractivity (Wildman–Crippen MR) is 88.8 cm³/mol.